The van der Waals surface area contributed by atoms with E-state index in [1.165, 1.54) is 0 Å². The van der Waals surface area contributed by atoms with E-state index in [9.17, 15) is 0 Å². The molecule has 0 N–H and O–H groups in total. The lowest BCUT2D eigenvalue weighted by molar-refractivity contribution is 0.483. The lowest BCUT2D eigenvalue weighted by atomic mass is 10.1. The minimum atomic E-state index is 0.213. The van der Waals surface area contributed by atoms with Gasteiger partial charge in [0, 0.05) is 58.8 Å². The zero-order valence-electron chi connectivity index (χ0n) is 25.8. The number of ether oxygens (including phenoxy) is 2. The molecule has 0 unspecified atom stereocenters. The highest BCUT2D eigenvalue weighted by Gasteiger charge is 2.16. The van der Waals surface area contributed by atoms with Crippen LogP contribution in [0.5, 0.6) is 23.0 Å². The van der Waals surface area contributed by atoms with E-state index in [0.29, 0.717) is 40.3 Å². The van der Waals surface area contributed by atoms with E-state index in [0.717, 1.165) is 32.9 Å². The van der Waals surface area contributed by atoms with Crippen LogP contribution >= 0.6 is 0 Å². The maximum atomic E-state index is 7.88. The van der Waals surface area contributed by atoms with Crippen LogP contribution in [0.1, 0.15) is 2.74 Å². The number of fused-ring (bicyclic) bond motifs is 3. The topological polar surface area (TPSA) is 75.0 Å². The van der Waals surface area contributed by atoms with Crippen molar-refractivity contribution >= 4 is 21.8 Å². The zero-order valence-corrected chi connectivity index (χ0v) is 23.8. The van der Waals surface area contributed by atoms with Gasteiger partial charge >= 0.3 is 0 Å². The molecule has 214 valence electrons. The van der Waals surface area contributed by atoms with Crippen molar-refractivity contribution in [1.82, 2.24) is 24.5 Å². The van der Waals surface area contributed by atoms with Crippen molar-refractivity contribution in [3.63, 3.8) is 0 Å². The van der Waals surface area contributed by atoms with Gasteiger partial charge in [0.25, 0.3) is 0 Å². The summed E-state index contributed by atoms with van der Waals surface area (Å²) in [7, 11) is 0. The Balaban J connectivity index is 1.18. The summed E-state index contributed by atoms with van der Waals surface area (Å²) in [6.45, 7) is 0. The highest BCUT2D eigenvalue weighted by Crippen LogP contribution is 2.37. The molecule has 0 atom stereocenters. The second-order valence-electron chi connectivity index (χ2n) is 10.3. The van der Waals surface area contributed by atoms with Crippen LogP contribution in [-0.2, 0) is 0 Å². The molecule has 4 heterocycles. The number of hydrogen-bond donors (Lipinski definition) is 0. The van der Waals surface area contributed by atoms with Gasteiger partial charge in [-0.1, -0.05) is 36.4 Å². The smallest absolute Gasteiger partial charge is 0.234 e. The molecular weight excluding hydrogens is 558 g/mol. The number of benzene rings is 4. The van der Waals surface area contributed by atoms with Gasteiger partial charge in [-0.3, -0.25) is 14.5 Å². The Bertz CT molecular complexity index is 2260. The van der Waals surface area contributed by atoms with Crippen LogP contribution in [-0.4, -0.2) is 24.5 Å². The van der Waals surface area contributed by atoms with Crippen LogP contribution in [0.3, 0.4) is 0 Å². The summed E-state index contributed by atoms with van der Waals surface area (Å²) in [6.07, 6.45) is 3.87. The maximum Gasteiger partial charge on any atom is 0.234 e. The van der Waals surface area contributed by atoms with Crippen LogP contribution in [0.4, 0.5) is 0 Å². The first-order valence-corrected chi connectivity index (χ1v) is 14.4. The SMILES string of the molecule is [2H]c1cccc(-c2cccc(Oc3ccc4c5ccc(Oc6cccc(-c7cccc([2H])n7)c6)cc5n(-c5ncccn5)c4c3)c2)n1. The van der Waals surface area contributed by atoms with Crippen molar-refractivity contribution in [2.24, 2.45) is 0 Å². The highest BCUT2D eigenvalue weighted by atomic mass is 16.5. The molecule has 4 aromatic carbocycles. The molecule has 0 aliphatic carbocycles. The Morgan fingerprint density at radius 1 is 0.467 bits per heavy atom. The zero-order chi connectivity index (χ0) is 31.7. The predicted molar refractivity (Wildman–Crippen MR) is 176 cm³/mol. The van der Waals surface area contributed by atoms with Gasteiger partial charge in [-0.2, -0.15) is 0 Å². The number of nitrogens with zero attached hydrogens (tertiary/aromatic N) is 5. The Morgan fingerprint density at radius 3 is 1.49 bits per heavy atom. The van der Waals surface area contributed by atoms with Crippen LogP contribution < -0.4 is 9.47 Å². The predicted octanol–water partition coefficient (Wildman–Crippen LogP) is 9.28. The van der Waals surface area contributed by atoms with Crippen LogP contribution in [0.25, 0.3) is 50.3 Å². The highest BCUT2D eigenvalue weighted by molar-refractivity contribution is 6.09. The second-order valence-corrected chi connectivity index (χ2v) is 10.3. The van der Waals surface area contributed by atoms with Crippen molar-refractivity contribution in [2.45, 2.75) is 0 Å². The third kappa shape index (κ3) is 5.23. The first-order chi connectivity index (χ1) is 23.1. The van der Waals surface area contributed by atoms with Gasteiger partial charge in [0.2, 0.25) is 5.95 Å². The number of hydrogen-bond acceptors (Lipinski definition) is 6. The summed E-state index contributed by atoms with van der Waals surface area (Å²) < 4.78 is 30.5. The van der Waals surface area contributed by atoms with E-state index >= 15 is 0 Å². The number of aromatic nitrogens is 5. The van der Waals surface area contributed by atoms with E-state index < -0.39 is 0 Å². The molecule has 8 aromatic rings. The molecule has 0 saturated carbocycles. The van der Waals surface area contributed by atoms with Crippen molar-refractivity contribution in [3.8, 4) is 51.5 Å². The summed E-state index contributed by atoms with van der Waals surface area (Å²) in [4.78, 5) is 17.8. The third-order valence-electron chi connectivity index (χ3n) is 7.41. The summed E-state index contributed by atoms with van der Waals surface area (Å²) in [5, 5.41) is 2.03. The largest absolute Gasteiger partial charge is 0.457 e. The average molecular weight is 586 g/mol. The van der Waals surface area contributed by atoms with E-state index in [4.69, 9.17) is 12.2 Å². The summed E-state index contributed by atoms with van der Waals surface area (Å²) in [6, 6.07) is 39.8. The standard InChI is InChI=1S/C38H25N5O2/c1-3-18-39-34(12-1)26-8-5-10-28(22-26)44-30-14-16-32-33-17-15-31(25-37(33)43(36(32)24-30)38-41-20-7-21-42-38)45-29-11-6-9-27(23-29)35-13-2-4-19-40-35/h1-25H/i18D,19D. The molecule has 7 nitrogen and oxygen atoms in total. The van der Waals surface area contributed by atoms with Crippen LogP contribution in [0.15, 0.2) is 152 Å². The molecule has 0 fully saturated rings. The maximum absolute atomic E-state index is 7.88. The van der Waals surface area contributed by atoms with Gasteiger partial charge in [0.05, 0.1) is 25.2 Å². The molecule has 0 aliphatic rings. The molecule has 7 heteroatoms. The van der Waals surface area contributed by atoms with Crippen LogP contribution in [0.2, 0.25) is 0 Å². The minimum Gasteiger partial charge on any atom is -0.457 e. The fourth-order valence-corrected chi connectivity index (χ4v) is 5.41. The van der Waals surface area contributed by atoms with Crippen LogP contribution in [0, 0.1) is 0 Å². The van der Waals surface area contributed by atoms with Crippen molar-refractivity contribution < 1.29 is 12.2 Å². The molecule has 0 saturated heterocycles. The fourth-order valence-electron chi connectivity index (χ4n) is 5.41. The Labute approximate surface area is 261 Å². The third-order valence-corrected chi connectivity index (χ3v) is 7.41. The van der Waals surface area contributed by atoms with E-state index in [1.807, 2.05) is 114 Å². The first-order valence-electron chi connectivity index (χ1n) is 15.4. The fraction of sp³-hybridized carbons (Fsp3) is 0. The lowest BCUT2D eigenvalue weighted by Crippen LogP contribution is -2.00. The normalized spacial score (nSPS) is 11.7. The van der Waals surface area contributed by atoms with E-state index in [2.05, 4.69) is 19.9 Å². The molecule has 0 radical (unpaired) electrons. The molecule has 0 bridgehead atoms. The first kappa shape index (κ1) is 24.1. The number of rotatable bonds is 7. The van der Waals surface area contributed by atoms with Gasteiger partial charge in [-0.05, 0) is 78.9 Å². The van der Waals surface area contributed by atoms with Gasteiger partial charge < -0.3 is 9.47 Å². The van der Waals surface area contributed by atoms with Gasteiger partial charge in [-0.15, -0.1) is 0 Å². The minimum absolute atomic E-state index is 0.213. The molecule has 0 aliphatic heterocycles. The molecule has 45 heavy (non-hydrogen) atoms. The molecule has 0 spiro atoms. The van der Waals surface area contributed by atoms with Crippen molar-refractivity contribution in [1.29, 1.82) is 0 Å². The summed E-state index contributed by atoms with van der Waals surface area (Å²) in [5.74, 6) is 3.12. The average Bonchev–Trinajstić information content (AvgIpc) is 3.41. The number of pyridine rings is 2. The summed E-state index contributed by atoms with van der Waals surface area (Å²) in [5.41, 5.74) is 4.91. The molecule has 4 aromatic heterocycles. The Kier molecular flexibility index (Phi) is 6.11. The molecular formula is C38H25N5O2. The van der Waals surface area contributed by atoms with Gasteiger partial charge in [0.1, 0.15) is 23.0 Å². The van der Waals surface area contributed by atoms with Gasteiger partial charge in [-0.25, -0.2) is 9.97 Å². The van der Waals surface area contributed by atoms with Crippen molar-refractivity contribution in [3.05, 3.63) is 152 Å². The molecule has 8 rings (SSSR count). The van der Waals surface area contributed by atoms with Crippen molar-refractivity contribution in [2.75, 3.05) is 0 Å². The van der Waals surface area contributed by atoms with E-state index in [-0.39, 0.29) is 12.3 Å². The Hall–Kier alpha value is -6.34. The quantitative estimate of drug-likeness (QED) is 0.186. The van der Waals surface area contributed by atoms with Gasteiger partial charge in [0.15, 0.2) is 0 Å². The lowest BCUT2D eigenvalue weighted by Gasteiger charge is -2.10. The molecule has 0 amide bonds. The summed E-state index contributed by atoms with van der Waals surface area (Å²) >= 11 is 0. The van der Waals surface area contributed by atoms with E-state index in [1.54, 1.807) is 30.6 Å². The Morgan fingerprint density at radius 2 is 0.978 bits per heavy atom. The second kappa shape index (κ2) is 11.4. The monoisotopic (exact) mass is 585 g/mol.